The molecule has 0 spiro atoms. The molecule has 1 fully saturated rings. The van der Waals surface area contributed by atoms with E-state index in [9.17, 15) is 9.59 Å². The summed E-state index contributed by atoms with van der Waals surface area (Å²) in [7, 11) is 1.61. The van der Waals surface area contributed by atoms with Crippen molar-refractivity contribution in [3.05, 3.63) is 0 Å². The van der Waals surface area contributed by atoms with Crippen LogP contribution in [0.25, 0.3) is 0 Å². The van der Waals surface area contributed by atoms with Crippen molar-refractivity contribution in [2.45, 2.75) is 38.6 Å². The molecule has 1 heterocycles. The van der Waals surface area contributed by atoms with Gasteiger partial charge in [-0.1, -0.05) is 6.92 Å². The monoisotopic (exact) mass is 198 g/mol. The maximum absolute atomic E-state index is 11.7. The molecule has 1 N–H and O–H groups in total. The number of nitrogens with zero attached hydrogens (tertiary/aromatic N) is 1. The number of carbonyl (C=O) groups excluding carboxylic acids is 2. The topological polar surface area (TPSA) is 49.4 Å². The number of hydrogen-bond donors (Lipinski definition) is 1. The highest BCUT2D eigenvalue weighted by atomic mass is 16.2. The van der Waals surface area contributed by atoms with E-state index in [0.29, 0.717) is 19.4 Å². The normalized spacial score (nSPS) is 26.8. The van der Waals surface area contributed by atoms with Crippen molar-refractivity contribution in [1.82, 2.24) is 10.2 Å². The quantitative estimate of drug-likeness (QED) is 0.719. The van der Waals surface area contributed by atoms with E-state index in [1.165, 1.54) is 0 Å². The van der Waals surface area contributed by atoms with E-state index in [2.05, 4.69) is 5.32 Å². The second-order valence-corrected chi connectivity index (χ2v) is 3.90. The van der Waals surface area contributed by atoms with Crippen molar-refractivity contribution in [2.75, 3.05) is 13.6 Å². The van der Waals surface area contributed by atoms with E-state index in [1.807, 2.05) is 13.8 Å². The number of carbonyl (C=O) groups is 2. The number of nitrogens with one attached hydrogen (secondary N) is 1. The van der Waals surface area contributed by atoms with Gasteiger partial charge in [0.2, 0.25) is 11.8 Å². The Balaban J connectivity index is 2.86. The van der Waals surface area contributed by atoms with Gasteiger partial charge in [0.15, 0.2) is 0 Å². The van der Waals surface area contributed by atoms with E-state index in [1.54, 1.807) is 11.9 Å². The Labute approximate surface area is 84.7 Å². The summed E-state index contributed by atoms with van der Waals surface area (Å²) in [6.07, 6.45) is 2.01. The molecule has 0 aromatic rings. The van der Waals surface area contributed by atoms with E-state index in [0.717, 1.165) is 6.42 Å². The van der Waals surface area contributed by atoms with Crippen LogP contribution >= 0.6 is 0 Å². The lowest BCUT2D eigenvalue weighted by Crippen LogP contribution is -2.53. The van der Waals surface area contributed by atoms with Gasteiger partial charge in [0.05, 0.1) is 0 Å². The minimum atomic E-state index is -0.623. The zero-order valence-corrected chi connectivity index (χ0v) is 9.09. The van der Waals surface area contributed by atoms with Gasteiger partial charge in [-0.25, -0.2) is 0 Å². The van der Waals surface area contributed by atoms with Crippen molar-refractivity contribution in [1.29, 1.82) is 0 Å². The molecule has 1 unspecified atom stereocenters. The molecule has 0 bridgehead atoms. The first-order valence-corrected chi connectivity index (χ1v) is 5.09. The first-order valence-electron chi connectivity index (χ1n) is 5.09. The summed E-state index contributed by atoms with van der Waals surface area (Å²) in [6, 6.07) is 0. The van der Waals surface area contributed by atoms with E-state index in [4.69, 9.17) is 0 Å². The maximum atomic E-state index is 11.7. The standard InChI is InChI=1S/C10H18N2O2/c1-4-7-12-8(13)5-6-10(12,2)9(14)11-3/h4-7H2,1-3H3,(H,11,14). The average molecular weight is 198 g/mol. The summed E-state index contributed by atoms with van der Waals surface area (Å²) < 4.78 is 0. The third-order valence-corrected chi connectivity index (χ3v) is 2.89. The number of amides is 2. The third-order valence-electron chi connectivity index (χ3n) is 2.89. The molecule has 14 heavy (non-hydrogen) atoms. The van der Waals surface area contributed by atoms with Gasteiger partial charge in [0.25, 0.3) is 0 Å². The van der Waals surface area contributed by atoms with Crippen molar-refractivity contribution < 1.29 is 9.59 Å². The highest BCUT2D eigenvalue weighted by molar-refractivity contribution is 5.94. The lowest BCUT2D eigenvalue weighted by molar-refractivity contribution is -0.140. The van der Waals surface area contributed by atoms with E-state index < -0.39 is 5.54 Å². The molecule has 1 saturated heterocycles. The molecule has 1 aliphatic rings. The first kappa shape index (κ1) is 11.0. The summed E-state index contributed by atoms with van der Waals surface area (Å²) in [5.41, 5.74) is -0.623. The van der Waals surface area contributed by atoms with E-state index >= 15 is 0 Å². The Kier molecular flexibility index (Phi) is 3.13. The van der Waals surface area contributed by atoms with Crippen LogP contribution in [0.4, 0.5) is 0 Å². The van der Waals surface area contributed by atoms with Crippen molar-refractivity contribution in [3.63, 3.8) is 0 Å². The summed E-state index contributed by atoms with van der Waals surface area (Å²) >= 11 is 0. The fraction of sp³-hybridized carbons (Fsp3) is 0.800. The summed E-state index contributed by atoms with van der Waals surface area (Å²) in [5, 5.41) is 2.62. The minimum Gasteiger partial charge on any atom is -0.357 e. The van der Waals surface area contributed by atoms with Crippen LogP contribution in [0.15, 0.2) is 0 Å². The number of likely N-dealkylation sites (tertiary alicyclic amines) is 1. The van der Waals surface area contributed by atoms with E-state index in [-0.39, 0.29) is 11.8 Å². The number of likely N-dealkylation sites (N-methyl/N-ethyl adjacent to an activating group) is 1. The predicted molar refractivity (Wildman–Crippen MR) is 53.7 cm³/mol. The second-order valence-electron chi connectivity index (χ2n) is 3.90. The van der Waals surface area contributed by atoms with Gasteiger partial charge in [0.1, 0.15) is 5.54 Å². The Bertz CT molecular complexity index is 253. The zero-order valence-electron chi connectivity index (χ0n) is 9.09. The van der Waals surface area contributed by atoms with Gasteiger partial charge >= 0.3 is 0 Å². The van der Waals surface area contributed by atoms with Gasteiger partial charge in [-0.3, -0.25) is 9.59 Å². The first-order chi connectivity index (χ1) is 6.56. The van der Waals surface area contributed by atoms with Crippen LogP contribution in [0.1, 0.15) is 33.1 Å². The Morgan fingerprint density at radius 1 is 1.64 bits per heavy atom. The zero-order chi connectivity index (χ0) is 10.8. The van der Waals surface area contributed by atoms with Gasteiger partial charge in [-0.15, -0.1) is 0 Å². The average Bonchev–Trinajstić information content (AvgIpc) is 2.46. The Hall–Kier alpha value is -1.06. The molecule has 0 radical (unpaired) electrons. The molecule has 0 aliphatic carbocycles. The number of rotatable bonds is 3. The van der Waals surface area contributed by atoms with Crippen LogP contribution in [0.3, 0.4) is 0 Å². The molecule has 4 nitrogen and oxygen atoms in total. The number of hydrogen-bond acceptors (Lipinski definition) is 2. The third kappa shape index (κ3) is 1.61. The van der Waals surface area contributed by atoms with Gasteiger partial charge in [0, 0.05) is 20.0 Å². The molecule has 0 saturated carbocycles. The minimum absolute atomic E-state index is 0.0585. The van der Waals surface area contributed by atoms with Crippen molar-refractivity contribution in [3.8, 4) is 0 Å². The molecule has 1 rings (SSSR count). The van der Waals surface area contributed by atoms with Gasteiger partial charge in [-0.2, -0.15) is 0 Å². The fourth-order valence-corrected chi connectivity index (χ4v) is 2.00. The molecule has 0 aromatic heterocycles. The lowest BCUT2D eigenvalue weighted by atomic mass is 9.97. The Morgan fingerprint density at radius 3 is 2.79 bits per heavy atom. The van der Waals surface area contributed by atoms with Crippen molar-refractivity contribution >= 4 is 11.8 Å². The highest BCUT2D eigenvalue weighted by Gasteiger charge is 2.46. The smallest absolute Gasteiger partial charge is 0.245 e. The highest BCUT2D eigenvalue weighted by Crippen LogP contribution is 2.30. The maximum Gasteiger partial charge on any atom is 0.245 e. The summed E-state index contributed by atoms with van der Waals surface area (Å²) in [5.74, 6) is 0.0368. The molecular weight excluding hydrogens is 180 g/mol. The molecule has 1 aliphatic heterocycles. The fourth-order valence-electron chi connectivity index (χ4n) is 2.00. The van der Waals surface area contributed by atoms with Gasteiger partial charge < -0.3 is 10.2 Å². The van der Waals surface area contributed by atoms with Crippen molar-refractivity contribution in [2.24, 2.45) is 0 Å². The van der Waals surface area contributed by atoms with Crippen LogP contribution in [-0.2, 0) is 9.59 Å². The largest absolute Gasteiger partial charge is 0.357 e. The molecular formula is C10H18N2O2. The van der Waals surface area contributed by atoms with Crippen LogP contribution in [0.5, 0.6) is 0 Å². The predicted octanol–water partition coefficient (Wildman–Crippen LogP) is 0.523. The van der Waals surface area contributed by atoms with Crippen LogP contribution < -0.4 is 5.32 Å². The molecule has 2 amide bonds. The molecule has 1 atom stereocenters. The van der Waals surface area contributed by atoms with Crippen LogP contribution in [-0.4, -0.2) is 35.8 Å². The lowest BCUT2D eigenvalue weighted by Gasteiger charge is -2.33. The summed E-state index contributed by atoms with van der Waals surface area (Å²) in [6.45, 7) is 4.52. The molecule has 80 valence electrons. The Morgan fingerprint density at radius 2 is 2.29 bits per heavy atom. The molecule has 4 heteroatoms. The van der Waals surface area contributed by atoms with Crippen LogP contribution in [0, 0.1) is 0 Å². The molecule has 0 aromatic carbocycles. The van der Waals surface area contributed by atoms with Crippen LogP contribution in [0.2, 0.25) is 0 Å². The van der Waals surface area contributed by atoms with Gasteiger partial charge in [-0.05, 0) is 19.8 Å². The SMILES string of the molecule is CCCN1C(=O)CCC1(C)C(=O)NC. The second kappa shape index (κ2) is 3.98. The summed E-state index contributed by atoms with van der Waals surface area (Å²) in [4.78, 5) is 24.9.